The van der Waals surface area contributed by atoms with E-state index in [0.29, 0.717) is 23.1 Å². The molecular weight excluding hydrogens is 358 g/mol. The lowest BCUT2D eigenvalue weighted by Gasteiger charge is -2.35. The van der Waals surface area contributed by atoms with Gasteiger partial charge in [0.25, 0.3) is 0 Å². The molecule has 1 aromatic carbocycles. The minimum atomic E-state index is -0.478. The van der Waals surface area contributed by atoms with Crippen LogP contribution in [0.15, 0.2) is 30.6 Å². The number of hydrogen-bond acceptors (Lipinski definition) is 6. The van der Waals surface area contributed by atoms with Crippen molar-refractivity contribution in [2.45, 2.75) is 38.5 Å². The Bertz CT molecular complexity index is 819. The van der Waals surface area contributed by atoms with Crippen molar-refractivity contribution in [1.29, 1.82) is 0 Å². The fourth-order valence-corrected chi connectivity index (χ4v) is 4.46. The number of likely N-dealkylation sites (tertiary alicyclic amines) is 1. The van der Waals surface area contributed by atoms with Crippen LogP contribution in [0.4, 0.5) is 0 Å². The number of fused-ring (bicyclic) bond motifs is 1. The minimum Gasteiger partial charge on any atom is -0.488 e. The van der Waals surface area contributed by atoms with Gasteiger partial charge >= 0.3 is 5.97 Å². The van der Waals surface area contributed by atoms with Crippen molar-refractivity contribution in [3.8, 4) is 5.75 Å². The number of ether oxygens (including phenoxy) is 2. The molecule has 1 aromatic heterocycles. The van der Waals surface area contributed by atoms with Crippen LogP contribution in [0.5, 0.6) is 5.75 Å². The predicted octanol–water partition coefficient (Wildman–Crippen LogP) is 2.16. The van der Waals surface area contributed by atoms with E-state index in [1.807, 2.05) is 6.92 Å². The number of benzene rings is 1. The van der Waals surface area contributed by atoms with Gasteiger partial charge in [0.15, 0.2) is 0 Å². The Morgan fingerprint density at radius 1 is 1.25 bits per heavy atom. The van der Waals surface area contributed by atoms with Crippen molar-refractivity contribution < 1.29 is 19.4 Å². The molecule has 2 fully saturated rings. The van der Waals surface area contributed by atoms with E-state index in [2.05, 4.69) is 14.9 Å². The number of aromatic amines is 1. The highest BCUT2D eigenvalue weighted by Crippen LogP contribution is 2.38. The van der Waals surface area contributed by atoms with E-state index in [-0.39, 0.29) is 12.1 Å². The zero-order valence-electron chi connectivity index (χ0n) is 16.3. The standard InChI is InChI=1S/C21H27N3O4/c1-13-18(23-12-22-13)11-24-9-15-7-19(25)20(8-16(15)10-24)28-17-5-3-14(4-6-17)21(26)27-2/h3-6,12,15-16,19-20,25H,7-11H2,1-2H3,(H,22,23)/t15-,16+,19+,20+/m0/s1. The molecule has 4 atom stereocenters. The Labute approximate surface area is 164 Å². The number of H-pyrrole nitrogens is 1. The number of aliphatic hydroxyl groups excluding tert-OH is 1. The van der Waals surface area contributed by atoms with Gasteiger partial charge < -0.3 is 19.6 Å². The Balaban J connectivity index is 1.36. The van der Waals surface area contributed by atoms with Crippen LogP contribution in [0.2, 0.25) is 0 Å². The van der Waals surface area contributed by atoms with Gasteiger partial charge in [0.05, 0.1) is 30.8 Å². The third kappa shape index (κ3) is 3.91. The van der Waals surface area contributed by atoms with Crippen LogP contribution in [0.25, 0.3) is 0 Å². The molecule has 0 spiro atoms. The van der Waals surface area contributed by atoms with E-state index in [9.17, 15) is 9.90 Å². The third-order valence-corrected chi connectivity index (χ3v) is 6.03. The molecule has 1 saturated carbocycles. The summed E-state index contributed by atoms with van der Waals surface area (Å²) in [5.41, 5.74) is 2.70. The first-order valence-electron chi connectivity index (χ1n) is 9.77. The SMILES string of the molecule is COC(=O)c1ccc(O[C@@H]2C[C@@H]3CN(Cc4nc[nH]c4C)C[C@@H]3C[C@H]2O)cc1. The van der Waals surface area contributed by atoms with Crippen molar-refractivity contribution in [2.75, 3.05) is 20.2 Å². The lowest BCUT2D eigenvalue weighted by molar-refractivity contribution is -0.0231. The number of rotatable bonds is 5. The van der Waals surface area contributed by atoms with Crippen molar-refractivity contribution in [1.82, 2.24) is 14.9 Å². The second kappa shape index (κ2) is 7.93. The number of hydrogen-bond donors (Lipinski definition) is 2. The van der Waals surface area contributed by atoms with E-state index in [1.165, 1.54) is 7.11 Å². The van der Waals surface area contributed by atoms with Crippen LogP contribution in [0.1, 0.15) is 34.6 Å². The maximum absolute atomic E-state index is 11.5. The number of carbonyl (C=O) groups excluding carboxylic acids is 1. The van der Waals surface area contributed by atoms with Gasteiger partial charge in [0.2, 0.25) is 0 Å². The molecule has 2 heterocycles. The number of nitrogens with zero attached hydrogens (tertiary/aromatic N) is 2. The van der Waals surface area contributed by atoms with Crippen molar-refractivity contribution in [3.63, 3.8) is 0 Å². The van der Waals surface area contributed by atoms with Gasteiger partial charge in [-0.15, -0.1) is 0 Å². The quantitative estimate of drug-likeness (QED) is 0.767. The fourth-order valence-electron chi connectivity index (χ4n) is 4.46. The third-order valence-electron chi connectivity index (χ3n) is 6.03. The summed E-state index contributed by atoms with van der Waals surface area (Å²) >= 11 is 0. The maximum Gasteiger partial charge on any atom is 0.337 e. The summed E-state index contributed by atoms with van der Waals surface area (Å²) in [5, 5.41) is 10.6. The number of methoxy groups -OCH3 is 1. The number of nitrogens with one attached hydrogen (secondary N) is 1. The van der Waals surface area contributed by atoms with Crippen molar-refractivity contribution >= 4 is 5.97 Å². The molecule has 2 N–H and O–H groups in total. The Hall–Kier alpha value is -2.38. The first-order chi connectivity index (χ1) is 13.5. The highest BCUT2D eigenvalue weighted by Gasteiger charge is 2.42. The number of aromatic nitrogens is 2. The highest BCUT2D eigenvalue weighted by atomic mass is 16.5. The number of aryl methyl sites for hydroxylation is 1. The molecule has 7 heteroatoms. The number of carbonyl (C=O) groups is 1. The zero-order valence-corrected chi connectivity index (χ0v) is 16.3. The average molecular weight is 385 g/mol. The van der Waals surface area contributed by atoms with E-state index in [4.69, 9.17) is 9.47 Å². The molecule has 2 aliphatic rings. The Kier molecular flexibility index (Phi) is 5.37. The predicted molar refractivity (Wildman–Crippen MR) is 103 cm³/mol. The monoisotopic (exact) mass is 385 g/mol. The topological polar surface area (TPSA) is 87.7 Å². The van der Waals surface area contributed by atoms with Gasteiger partial charge in [0.1, 0.15) is 11.9 Å². The molecule has 0 unspecified atom stereocenters. The van der Waals surface area contributed by atoms with Crippen molar-refractivity contribution in [2.24, 2.45) is 11.8 Å². The second-order valence-electron chi connectivity index (χ2n) is 7.90. The smallest absolute Gasteiger partial charge is 0.337 e. The molecule has 150 valence electrons. The second-order valence-corrected chi connectivity index (χ2v) is 7.90. The largest absolute Gasteiger partial charge is 0.488 e. The van der Waals surface area contributed by atoms with E-state index in [1.54, 1.807) is 30.6 Å². The number of imidazole rings is 1. The molecule has 1 aliphatic heterocycles. The van der Waals surface area contributed by atoms with Crippen LogP contribution in [-0.2, 0) is 11.3 Å². The summed E-state index contributed by atoms with van der Waals surface area (Å²) in [7, 11) is 1.36. The Morgan fingerprint density at radius 2 is 1.96 bits per heavy atom. The van der Waals surface area contributed by atoms with E-state index in [0.717, 1.165) is 43.9 Å². The molecule has 2 aromatic rings. The van der Waals surface area contributed by atoms with Gasteiger partial charge in [-0.25, -0.2) is 9.78 Å². The average Bonchev–Trinajstić information content (AvgIpc) is 3.27. The summed E-state index contributed by atoms with van der Waals surface area (Å²) in [6.07, 6.45) is 2.63. The highest BCUT2D eigenvalue weighted by molar-refractivity contribution is 5.89. The normalized spacial score (nSPS) is 27.4. The van der Waals surface area contributed by atoms with E-state index >= 15 is 0 Å². The lowest BCUT2D eigenvalue weighted by atomic mass is 9.78. The molecule has 1 saturated heterocycles. The minimum absolute atomic E-state index is 0.225. The Morgan fingerprint density at radius 3 is 2.61 bits per heavy atom. The van der Waals surface area contributed by atoms with Crippen LogP contribution < -0.4 is 4.74 Å². The molecule has 7 nitrogen and oxygen atoms in total. The first-order valence-corrected chi connectivity index (χ1v) is 9.77. The summed E-state index contributed by atoms with van der Waals surface area (Å²) < 4.78 is 10.8. The molecule has 28 heavy (non-hydrogen) atoms. The molecular formula is C21H27N3O4. The van der Waals surface area contributed by atoms with Gasteiger partial charge in [-0.1, -0.05) is 0 Å². The fraction of sp³-hybridized carbons (Fsp3) is 0.524. The summed E-state index contributed by atoms with van der Waals surface area (Å²) in [6.45, 7) is 4.89. The number of esters is 1. The van der Waals surface area contributed by atoms with Gasteiger partial charge in [0, 0.05) is 25.3 Å². The van der Waals surface area contributed by atoms with Gasteiger partial charge in [-0.3, -0.25) is 4.90 Å². The maximum atomic E-state index is 11.5. The molecule has 0 radical (unpaired) electrons. The summed E-state index contributed by atoms with van der Waals surface area (Å²) in [5.74, 6) is 1.31. The molecule has 0 bridgehead atoms. The summed E-state index contributed by atoms with van der Waals surface area (Å²) in [4.78, 5) is 21.5. The zero-order chi connectivity index (χ0) is 19.7. The molecule has 1 aliphatic carbocycles. The van der Waals surface area contributed by atoms with E-state index < -0.39 is 6.10 Å². The first kappa shape index (κ1) is 19.0. The molecule has 4 rings (SSSR count). The molecule has 0 amide bonds. The summed E-state index contributed by atoms with van der Waals surface area (Å²) in [6, 6.07) is 6.88. The van der Waals surface area contributed by atoms with Crippen LogP contribution in [0, 0.1) is 18.8 Å². The number of aliphatic hydroxyl groups is 1. The van der Waals surface area contributed by atoms with Gasteiger partial charge in [-0.05, 0) is 55.9 Å². The van der Waals surface area contributed by atoms with Crippen LogP contribution >= 0.6 is 0 Å². The van der Waals surface area contributed by atoms with Crippen LogP contribution in [-0.4, -0.2) is 58.4 Å². The lowest BCUT2D eigenvalue weighted by Crippen LogP contribution is -2.42. The van der Waals surface area contributed by atoms with Crippen LogP contribution in [0.3, 0.4) is 0 Å². The van der Waals surface area contributed by atoms with Crippen molar-refractivity contribution in [3.05, 3.63) is 47.5 Å². The van der Waals surface area contributed by atoms with Gasteiger partial charge in [-0.2, -0.15) is 0 Å².